The van der Waals surface area contributed by atoms with E-state index in [-0.39, 0.29) is 18.0 Å². The van der Waals surface area contributed by atoms with E-state index in [1.54, 1.807) is 0 Å². The Labute approximate surface area is 110 Å². The van der Waals surface area contributed by atoms with Crippen LogP contribution in [0.2, 0.25) is 5.02 Å². The summed E-state index contributed by atoms with van der Waals surface area (Å²) in [6.07, 6.45) is 2.11. The van der Waals surface area contributed by atoms with Gasteiger partial charge in [0.1, 0.15) is 11.6 Å². The summed E-state index contributed by atoms with van der Waals surface area (Å²) in [4.78, 5) is 0. The highest BCUT2D eigenvalue weighted by Gasteiger charge is 2.29. The molecule has 1 N–H and O–H groups in total. The van der Waals surface area contributed by atoms with E-state index in [1.807, 2.05) is 0 Å². The molecule has 2 fully saturated rings. The molecule has 1 aliphatic carbocycles. The van der Waals surface area contributed by atoms with Crippen molar-refractivity contribution in [1.29, 1.82) is 0 Å². The van der Waals surface area contributed by atoms with Gasteiger partial charge in [-0.1, -0.05) is 11.6 Å². The number of hydrogen-bond acceptors (Lipinski definition) is 3. The lowest BCUT2D eigenvalue weighted by Crippen LogP contribution is -2.33. The minimum atomic E-state index is -0.354. The van der Waals surface area contributed by atoms with Crippen LogP contribution in [0, 0.1) is 5.82 Å². The van der Waals surface area contributed by atoms with Crippen molar-refractivity contribution in [2.24, 2.45) is 0 Å². The van der Waals surface area contributed by atoms with Gasteiger partial charge in [-0.05, 0) is 25.0 Å². The fourth-order valence-corrected chi connectivity index (χ4v) is 2.32. The standard InChI is InChI=1S/C13H15ClFNO2/c14-11-6-8(15)5-10(12-7-16-3-4-17-12)13(11)18-9-1-2-9/h5-6,9,12,16H,1-4,7H2. The summed E-state index contributed by atoms with van der Waals surface area (Å²) in [5.41, 5.74) is 0.708. The number of rotatable bonds is 3. The molecule has 0 aromatic heterocycles. The molecule has 1 atom stereocenters. The molecule has 1 saturated heterocycles. The van der Waals surface area contributed by atoms with Crippen LogP contribution in [0.3, 0.4) is 0 Å². The zero-order chi connectivity index (χ0) is 12.5. The van der Waals surface area contributed by atoms with E-state index in [0.29, 0.717) is 29.5 Å². The first-order chi connectivity index (χ1) is 8.74. The molecule has 3 rings (SSSR count). The van der Waals surface area contributed by atoms with Crippen LogP contribution in [0.25, 0.3) is 0 Å². The van der Waals surface area contributed by atoms with Crippen molar-refractivity contribution in [3.05, 3.63) is 28.5 Å². The van der Waals surface area contributed by atoms with Crippen LogP contribution in [0.5, 0.6) is 5.75 Å². The van der Waals surface area contributed by atoms with Crippen LogP contribution in [0.1, 0.15) is 24.5 Å². The predicted molar refractivity (Wildman–Crippen MR) is 66.6 cm³/mol. The molecule has 0 radical (unpaired) electrons. The maximum Gasteiger partial charge on any atom is 0.144 e. The van der Waals surface area contributed by atoms with Crippen molar-refractivity contribution in [3.8, 4) is 5.75 Å². The Balaban J connectivity index is 1.92. The number of ether oxygens (including phenoxy) is 2. The first-order valence-corrected chi connectivity index (χ1v) is 6.60. The third-order valence-corrected chi connectivity index (χ3v) is 3.40. The first-order valence-electron chi connectivity index (χ1n) is 6.22. The molecular weight excluding hydrogens is 257 g/mol. The van der Waals surface area contributed by atoms with E-state index in [2.05, 4.69) is 5.32 Å². The van der Waals surface area contributed by atoms with Gasteiger partial charge < -0.3 is 14.8 Å². The number of benzene rings is 1. The highest BCUT2D eigenvalue weighted by atomic mass is 35.5. The smallest absolute Gasteiger partial charge is 0.144 e. The number of morpholine rings is 1. The molecule has 1 saturated carbocycles. The lowest BCUT2D eigenvalue weighted by Gasteiger charge is -2.26. The Hall–Kier alpha value is -0.840. The van der Waals surface area contributed by atoms with E-state index in [4.69, 9.17) is 21.1 Å². The second-order valence-corrected chi connectivity index (χ2v) is 5.09. The van der Waals surface area contributed by atoms with Crippen molar-refractivity contribution < 1.29 is 13.9 Å². The molecule has 2 aliphatic rings. The van der Waals surface area contributed by atoms with Crippen molar-refractivity contribution in [2.45, 2.75) is 25.0 Å². The molecule has 0 bridgehead atoms. The SMILES string of the molecule is Fc1cc(Cl)c(OC2CC2)c(C2CNCCO2)c1. The van der Waals surface area contributed by atoms with Gasteiger partial charge in [-0.2, -0.15) is 0 Å². The van der Waals surface area contributed by atoms with E-state index in [9.17, 15) is 4.39 Å². The van der Waals surface area contributed by atoms with Crippen molar-refractivity contribution in [2.75, 3.05) is 19.7 Å². The minimum absolute atomic E-state index is 0.194. The lowest BCUT2D eigenvalue weighted by atomic mass is 10.1. The molecule has 1 heterocycles. The van der Waals surface area contributed by atoms with Crippen LogP contribution in [-0.4, -0.2) is 25.8 Å². The second-order valence-electron chi connectivity index (χ2n) is 4.69. The third kappa shape index (κ3) is 2.60. The molecule has 18 heavy (non-hydrogen) atoms. The molecule has 0 amide bonds. The summed E-state index contributed by atoms with van der Waals surface area (Å²) < 4.78 is 24.9. The Morgan fingerprint density at radius 3 is 2.89 bits per heavy atom. The van der Waals surface area contributed by atoms with Gasteiger partial charge in [-0.25, -0.2) is 4.39 Å². The van der Waals surface area contributed by atoms with Crippen molar-refractivity contribution >= 4 is 11.6 Å². The quantitative estimate of drug-likeness (QED) is 0.917. The summed E-state index contributed by atoms with van der Waals surface area (Å²) in [7, 11) is 0. The number of hydrogen-bond donors (Lipinski definition) is 1. The van der Waals surface area contributed by atoms with Gasteiger partial charge in [-0.15, -0.1) is 0 Å². The molecule has 5 heteroatoms. The zero-order valence-corrected chi connectivity index (χ0v) is 10.7. The lowest BCUT2D eigenvalue weighted by molar-refractivity contribution is 0.0255. The highest BCUT2D eigenvalue weighted by Crippen LogP contribution is 2.39. The van der Waals surface area contributed by atoms with Gasteiger partial charge in [0.25, 0.3) is 0 Å². The number of halogens is 2. The molecule has 0 spiro atoms. The van der Waals surface area contributed by atoms with Crippen molar-refractivity contribution in [1.82, 2.24) is 5.32 Å². The average Bonchev–Trinajstić information content (AvgIpc) is 3.17. The summed E-state index contributed by atoms with van der Waals surface area (Å²) >= 11 is 6.08. The van der Waals surface area contributed by atoms with E-state index >= 15 is 0 Å². The van der Waals surface area contributed by atoms with Crippen LogP contribution < -0.4 is 10.1 Å². The van der Waals surface area contributed by atoms with E-state index in [1.165, 1.54) is 12.1 Å². The molecular formula is C13H15ClFNO2. The van der Waals surface area contributed by atoms with Gasteiger partial charge in [0.2, 0.25) is 0 Å². The monoisotopic (exact) mass is 271 g/mol. The van der Waals surface area contributed by atoms with Crippen LogP contribution >= 0.6 is 11.6 Å². The highest BCUT2D eigenvalue weighted by molar-refractivity contribution is 6.32. The predicted octanol–water partition coefficient (Wildman–Crippen LogP) is 2.68. The maximum atomic E-state index is 13.5. The Kier molecular flexibility index (Phi) is 3.41. The Bertz CT molecular complexity index is 445. The van der Waals surface area contributed by atoms with Crippen LogP contribution in [0.15, 0.2) is 12.1 Å². The van der Waals surface area contributed by atoms with Gasteiger partial charge >= 0.3 is 0 Å². The average molecular weight is 272 g/mol. The second kappa shape index (κ2) is 5.03. The van der Waals surface area contributed by atoms with Crippen LogP contribution in [0.4, 0.5) is 4.39 Å². The molecule has 1 unspecified atom stereocenters. The van der Waals surface area contributed by atoms with E-state index in [0.717, 1.165) is 19.4 Å². The zero-order valence-electron chi connectivity index (χ0n) is 9.92. The number of nitrogens with one attached hydrogen (secondary N) is 1. The summed E-state index contributed by atoms with van der Waals surface area (Å²) in [6, 6.07) is 2.75. The fraction of sp³-hybridized carbons (Fsp3) is 0.538. The minimum Gasteiger partial charge on any atom is -0.488 e. The van der Waals surface area contributed by atoms with Crippen molar-refractivity contribution in [3.63, 3.8) is 0 Å². The fourth-order valence-electron chi connectivity index (χ4n) is 2.06. The van der Waals surface area contributed by atoms with E-state index < -0.39 is 0 Å². The Morgan fingerprint density at radius 1 is 1.39 bits per heavy atom. The van der Waals surface area contributed by atoms with Gasteiger partial charge in [0.15, 0.2) is 0 Å². The molecule has 1 aliphatic heterocycles. The maximum absolute atomic E-state index is 13.5. The molecule has 3 nitrogen and oxygen atoms in total. The molecule has 1 aromatic rings. The summed E-state index contributed by atoms with van der Waals surface area (Å²) in [5, 5.41) is 3.55. The Morgan fingerprint density at radius 2 is 2.22 bits per heavy atom. The van der Waals surface area contributed by atoms with Gasteiger partial charge in [-0.3, -0.25) is 0 Å². The molecule has 98 valence electrons. The van der Waals surface area contributed by atoms with Crippen LogP contribution in [-0.2, 0) is 4.74 Å². The van der Waals surface area contributed by atoms with Gasteiger partial charge in [0.05, 0.1) is 23.8 Å². The largest absolute Gasteiger partial charge is 0.488 e. The normalized spacial score (nSPS) is 24.0. The summed E-state index contributed by atoms with van der Waals surface area (Å²) in [5.74, 6) is 0.224. The third-order valence-electron chi connectivity index (χ3n) is 3.12. The van der Waals surface area contributed by atoms with Gasteiger partial charge in [0, 0.05) is 18.7 Å². The molecule has 1 aromatic carbocycles. The summed E-state index contributed by atoms with van der Waals surface area (Å²) in [6.45, 7) is 2.08. The topological polar surface area (TPSA) is 30.5 Å². The first kappa shape index (κ1) is 12.2.